The number of rotatable bonds is 10. The molecule has 2 heterocycles. The zero-order chi connectivity index (χ0) is 27.5. The van der Waals surface area contributed by atoms with Gasteiger partial charge < -0.3 is 10.1 Å². The van der Waals surface area contributed by atoms with E-state index < -0.39 is 39.1 Å². The van der Waals surface area contributed by atoms with Crippen molar-refractivity contribution in [3.05, 3.63) is 65.5 Å². The zero-order valence-corrected chi connectivity index (χ0v) is 21.5. The summed E-state index contributed by atoms with van der Waals surface area (Å²) in [5.41, 5.74) is -1.11. The Labute approximate surface area is 217 Å². The van der Waals surface area contributed by atoms with Crippen LogP contribution in [0.25, 0.3) is 11.3 Å². The van der Waals surface area contributed by atoms with Gasteiger partial charge in [0.1, 0.15) is 11.6 Å². The minimum absolute atomic E-state index is 0.0813. The first-order valence-electron chi connectivity index (χ1n) is 12.0. The van der Waals surface area contributed by atoms with E-state index in [0.717, 1.165) is 12.1 Å². The topological polar surface area (TPSA) is 124 Å². The van der Waals surface area contributed by atoms with Gasteiger partial charge in [-0.3, -0.25) is 9.78 Å². The van der Waals surface area contributed by atoms with E-state index >= 15 is 0 Å². The quantitative estimate of drug-likeness (QED) is 0.397. The summed E-state index contributed by atoms with van der Waals surface area (Å²) in [4.78, 5) is 29.5. The Hall–Kier alpha value is -3.61. The monoisotopic (exact) mass is 549 g/mol. The van der Waals surface area contributed by atoms with E-state index in [1.807, 2.05) is 0 Å². The first kappa shape index (κ1) is 27.4. The number of nitrogens with zero attached hydrogens (tertiary/aromatic N) is 4. The van der Waals surface area contributed by atoms with Crippen molar-refractivity contribution in [2.24, 2.45) is 0 Å². The largest absolute Gasteiger partial charge is 0.477 e. The second kappa shape index (κ2) is 11.0. The molecule has 2 aromatic heterocycles. The molecule has 9 nitrogen and oxygen atoms in total. The molecule has 13 heteroatoms. The Morgan fingerprint density at radius 2 is 1.92 bits per heavy atom. The third-order valence-electron chi connectivity index (χ3n) is 5.93. The Balaban J connectivity index is 1.59. The summed E-state index contributed by atoms with van der Waals surface area (Å²) < 4.78 is 71.9. The molecule has 4 rings (SSSR count). The highest BCUT2D eigenvalue weighted by molar-refractivity contribution is 7.91. The fourth-order valence-corrected chi connectivity index (χ4v) is 5.45. The number of carbonyl (C=O) groups excluding carboxylic acids is 1. The van der Waals surface area contributed by atoms with E-state index in [1.165, 1.54) is 30.7 Å². The van der Waals surface area contributed by atoms with Crippen LogP contribution < -0.4 is 10.1 Å². The van der Waals surface area contributed by atoms with Gasteiger partial charge in [0.25, 0.3) is 5.91 Å². The second-order valence-electron chi connectivity index (χ2n) is 8.77. The van der Waals surface area contributed by atoms with Gasteiger partial charge in [-0.2, -0.15) is 13.2 Å². The summed E-state index contributed by atoms with van der Waals surface area (Å²) in [6.07, 6.45) is 0.736. The number of hydrogen-bond donors (Lipinski definition) is 1. The molecule has 0 saturated heterocycles. The van der Waals surface area contributed by atoms with Crippen LogP contribution in [0.15, 0.2) is 42.9 Å². The van der Waals surface area contributed by atoms with Crippen molar-refractivity contribution < 1.29 is 31.1 Å². The minimum Gasteiger partial charge on any atom is -0.477 e. The van der Waals surface area contributed by atoms with Gasteiger partial charge in [0, 0.05) is 11.8 Å². The summed E-state index contributed by atoms with van der Waals surface area (Å²) in [6, 6.07) is 4.03. The van der Waals surface area contributed by atoms with Crippen LogP contribution in [0.4, 0.5) is 13.2 Å². The molecule has 38 heavy (non-hydrogen) atoms. The third kappa shape index (κ3) is 6.44. The molecule has 202 valence electrons. The van der Waals surface area contributed by atoms with Crippen LogP contribution in [-0.4, -0.2) is 46.1 Å². The lowest BCUT2D eigenvalue weighted by Gasteiger charge is -2.19. The molecule has 1 aliphatic carbocycles. The van der Waals surface area contributed by atoms with Gasteiger partial charge in [0.15, 0.2) is 9.84 Å². The molecule has 0 radical (unpaired) electrons. The van der Waals surface area contributed by atoms with Crippen LogP contribution in [0, 0.1) is 0 Å². The van der Waals surface area contributed by atoms with E-state index in [-0.39, 0.29) is 34.0 Å². The van der Waals surface area contributed by atoms with E-state index in [1.54, 1.807) is 13.8 Å². The van der Waals surface area contributed by atoms with E-state index in [4.69, 9.17) is 4.74 Å². The lowest BCUT2D eigenvalue weighted by Crippen LogP contribution is -2.31. The summed E-state index contributed by atoms with van der Waals surface area (Å²) in [5, 5.41) is 2.21. The van der Waals surface area contributed by atoms with Crippen LogP contribution in [-0.2, 0) is 21.8 Å². The Kier molecular flexibility index (Phi) is 7.95. The lowest BCUT2D eigenvalue weighted by atomic mass is 10.0. The number of alkyl halides is 3. The maximum atomic E-state index is 14.0. The van der Waals surface area contributed by atoms with Gasteiger partial charge in [-0.05, 0) is 44.4 Å². The number of nitrogens with one attached hydrogen (secondary N) is 1. The molecule has 1 aliphatic rings. The summed E-state index contributed by atoms with van der Waals surface area (Å²) in [7, 11) is -3.37. The van der Waals surface area contributed by atoms with Gasteiger partial charge >= 0.3 is 6.18 Å². The standard InChI is InChI=1S/C25H26F3N5O4S/c1-3-19(20-9-10-30-22(31-20)14-38(35,36)16-6-7-16)33-24(34)17-8-5-15(11-18(17)25(26,27)28)21-12-29-13-23(32-21)37-4-2/h5,8-13,16,19H,3-4,6-7,14H2,1-2H3,(H,33,34). The molecule has 1 saturated carbocycles. The predicted molar refractivity (Wildman–Crippen MR) is 132 cm³/mol. The molecule has 1 unspecified atom stereocenters. The fraction of sp³-hybridized carbons (Fsp3) is 0.400. The summed E-state index contributed by atoms with van der Waals surface area (Å²) in [6.45, 7) is 3.78. The number of halogens is 3. The SMILES string of the molecule is CCOc1cncc(-c2ccc(C(=O)NC(CC)c3ccnc(CS(=O)(=O)C4CC4)n3)c(C(F)(F)F)c2)n1. The maximum absolute atomic E-state index is 14.0. The van der Waals surface area contributed by atoms with Crippen LogP contribution in [0.3, 0.4) is 0 Å². The molecule has 0 aliphatic heterocycles. The number of hydrogen-bond acceptors (Lipinski definition) is 8. The summed E-state index contributed by atoms with van der Waals surface area (Å²) >= 11 is 0. The van der Waals surface area contributed by atoms with E-state index in [9.17, 15) is 26.4 Å². The number of carbonyl (C=O) groups is 1. The fourth-order valence-electron chi connectivity index (χ4n) is 3.87. The van der Waals surface area contributed by atoms with Crippen molar-refractivity contribution >= 4 is 15.7 Å². The van der Waals surface area contributed by atoms with Crippen molar-refractivity contribution in [1.82, 2.24) is 25.3 Å². The number of amides is 1. The average molecular weight is 550 g/mol. The smallest absolute Gasteiger partial charge is 0.417 e. The molecule has 0 bridgehead atoms. The molecule has 0 spiro atoms. The highest BCUT2D eigenvalue weighted by Gasteiger charge is 2.37. The van der Waals surface area contributed by atoms with Crippen molar-refractivity contribution in [1.29, 1.82) is 0 Å². The van der Waals surface area contributed by atoms with Crippen molar-refractivity contribution in [3.63, 3.8) is 0 Å². The number of sulfone groups is 1. The molecule has 1 N–H and O–H groups in total. The Bertz CT molecular complexity index is 1430. The van der Waals surface area contributed by atoms with Crippen LogP contribution in [0.1, 0.15) is 66.6 Å². The first-order chi connectivity index (χ1) is 18.0. The molecule has 1 fully saturated rings. The van der Waals surface area contributed by atoms with Gasteiger partial charge in [-0.1, -0.05) is 13.0 Å². The second-order valence-corrected chi connectivity index (χ2v) is 11.1. The van der Waals surface area contributed by atoms with Crippen LogP contribution in [0.5, 0.6) is 5.88 Å². The minimum atomic E-state index is -4.82. The lowest BCUT2D eigenvalue weighted by molar-refractivity contribution is -0.137. The van der Waals surface area contributed by atoms with Gasteiger partial charge in [-0.25, -0.2) is 23.4 Å². The molecular weight excluding hydrogens is 523 g/mol. The zero-order valence-electron chi connectivity index (χ0n) is 20.7. The Morgan fingerprint density at radius 1 is 1.16 bits per heavy atom. The number of ether oxygens (including phenoxy) is 1. The van der Waals surface area contributed by atoms with Crippen molar-refractivity contribution in [3.8, 4) is 17.1 Å². The van der Waals surface area contributed by atoms with E-state index in [2.05, 4.69) is 25.3 Å². The van der Waals surface area contributed by atoms with Gasteiger partial charge in [0.2, 0.25) is 5.88 Å². The van der Waals surface area contributed by atoms with Gasteiger partial charge in [-0.15, -0.1) is 0 Å². The highest BCUT2D eigenvalue weighted by atomic mass is 32.2. The average Bonchev–Trinajstić information content (AvgIpc) is 3.73. The van der Waals surface area contributed by atoms with Crippen molar-refractivity contribution in [2.75, 3.05) is 6.61 Å². The van der Waals surface area contributed by atoms with Gasteiger partial charge in [0.05, 0.1) is 52.8 Å². The van der Waals surface area contributed by atoms with Crippen LogP contribution >= 0.6 is 0 Å². The Morgan fingerprint density at radius 3 is 2.58 bits per heavy atom. The molecule has 1 atom stereocenters. The highest BCUT2D eigenvalue weighted by Crippen LogP contribution is 2.35. The van der Waals surface area contributed by atoms with Crippen molar-refractivity contribution in [2.45, 2.75) is 56.3 Å². The van der Waals surface area contributed by atoms with Crippen LogP contribution in [0.2, 0.25) is 0 Å². The summed E-state index contributed by atoms with van der Waals surface area (Å²) in [5.74, 6) is -1.03. The molecule has 1 aromatic carbocycles. The molecule has 3 aromatic rings. The number of aromatic nitrogens is 4. The van der Waals surface area contributed by atoms with E-state index in [0.29, 0.717) is 31.6 Å². The molecular formula is C25H26F3N5O4S. The molecule has 1 amide bonds. The number of benzene rings is 1. The normalized spacial score (nSPS) is 14.7. The first-order valence-corrected chi connectivity index (χ1v) is 13.7. The maximum Gasteiger partial charge on any atom is 0.417 e. The predicted octanol–water partition coefficient (Wildman–Crippen LogP) is 4.31. The third-order valence-corrected chi connectivity index (χ3v) is 8.08.